The Hall–Kier alpha value is -4.02. The molecule has 0 atom stereocenters. The number of aromatic nitrogens is 2. The summed E-state index contributed by atoms with van der Waals surface area (Å²) in [6.07, 6.45) is -3.30. The molecule has 2 aromatic carbocycles. The molecule has 0 fully saturated rings. The van der Waals surface area contributed by atoms with E-state index in [1.807, 2.05) is 12.3 Å². The number of aryl methyl sites for hydroxylation is 1. The number of alkyl halides is 3. The maximum absolute atomic E-state index is 13.8. The van der Waals surface area contributed by atoms with Crippen LogP contribution in [0.15, 0.2) is 48.7 Å². The fourth-order valence-corrected chi connectivity index (χ4v) is 3.06. The number of carbonyl (C=O) groups is 2. The van der Waals surface area contributed by atoms with E-state index in [1.165, 1.54) is 37.4 Å². The molecular formula is C23H23F3N4O4. The van der Waals surface area contributed by atoms with Crippen LogP contribution in [0.5, 0.6) is 11.5 Å². The molecule has 0 aliphatic heterocycles. The second kappa shape index (κ2) is 10.3. The molecule has 1 aromatic heterocycles. The molecule has 2 N–H and O–H groups in total. The fraction of sp³-hybridized carbons (Fsp3) is 0.261. The molecule has 11 heteroatoms. The molecule has 180 valence electrons. The highest BCUT2D eigenvalue weighted by molar-refractivity contribution is 6.00. The van der Waals surface area contributed by atoms with Gasteiger partial charge in [0.05, 0.1) is 31.2 Å². The molecule has 0 unspecified atom stereocenters. The van der Waals surface area contributed by atoms with Gasteiger partial charge in [-0.2, -0.15) is 18.3 Å². The van der Waals surface area contributed by atoms with Crippen LogP contribution in [0.25, 0.3) is 5.69 Å². The van der Waals surface area contributed by atoms with Crippen molar-refractivity contribution in [1.82, 2.24) is 20.6 Å². The largest absolute Gasteiger partial charge is 0.493 e. The smallest absolute Gasteiger partial charge is 0.434 e. The highest BCUT2D eigenvalue weighted by Crippen LogP contribution is 2.33. The summed E-state index contributed by atoms with van der Waals surface area (Å²) in [6, 6.07) is 10.5. The summed E-state index contributed by atoms with van der Waals surface area (Å²) in [7, 11) is 1.40. The number of hydrogen-bond acceptors (Lipinski definition) is 5. The van der Waals surface area contributed by atoms with Crippen molar-refractivity contribution in [2.45, 2.75) is 26.4 Å². The average Bonchev–Trinajstić information content (AvgIpc) is 3.27. The molecule has 3 aromatic rings. The van der Waals surface area contributed by atoms with Gasteiger partial charge in [-0.25, -0.2) is 4.68 Å². The third-order valence-electron chi connectivity index (χ3n) is 4.74. The Morgan fingerprint density at radius 1 is 1.03 bits per heavy atom. The molecule has 3 rings (SSSR count). The Kier molecular flexibility index (Phi) is 7.44. The van der Waals surface area contributed by atoms with Crippen LogP contribution in [-0.2, 0) is 6.18 Å². The lowest BCUT2D eigenvalue weighted by molar-refractivity contribution is -0.143. The van der Waals surface area contributed by atoms with Crippen molar-refractivity contribution in [1.29, 1.82) is 0 Å². The summed E-state index contributed by atoms with van der Waals surface area (Å²) in [6.45, 7) is 4.18. The van der Waals surface area contributed by atoms with Gasteiger partial charge in [0.25, 0.3) is 11.8 Å². The van der Waals surface area contributed by atoms with Crippen molar-refractivity contribution in [2.24, 2.45) is 0 Å². The molecule has 0 radical (unpaired) electrons. The van der Waals surface area contributed by atoms with Crippen LogP contribution in [0.2, 0.25) is 0 Å². The van der Waals surface area contributed by atoms with Crippen LogP contribution >= 0.6 is 0 Å². The SMILES string of the molecule is CCCOc1ccc(C(=O)NNC(=O)c2cnn(-c3ccc(C)cc3)c2C(F)(F)F)cc1OC. The minimum absolute atomic E-state index is 0.104. The van der Waals surface area contributed by atoms with E-state index in [9.17, 15) is 22.8 Å². The molecule has 8 nitrogen and oxygen atoms in total. The van der Waals surface area contributed by atoms with Crippen LogP contribution in [0.3, 0.4) is 0 Å². The normalized spacial score (nSPS) is 11.1. The van der Waals surface area contributed by atoms with Gasteiger partial charge in [0.2, 0.25) is 0 Å². The van der Waals surface area contributed by atoms with E-state index in [-0.39, 0.29) is 11.3 Å². The maximum Gasteiger partial charge on any atom is 0.434 e. The van der Waals surface area contributed by atoms with E-state index in [2.05, 4.69) is 10.5 Å². The first-order valence-corrected chi connectivity index (χ1v) is 10.3. The third-order valence-corrected chi connectivity index (χ3v) is 4.74. The van der Waals surface area contributed by atoms with Crippen molar-refractivity contribution in [2.75, 3.05) is 13.7 Å². The number of halogens is 3. The summed E-state index contributed by atoms with van der Waals surface area (Å²) in [5.41, 5.74) is 3.20. The Bertz CT molecular complexity index is 1170. The summed E-state index contributed by atoms with van der Waals surface area (Å²) in [4.78, 5) is 25.0. The van der Waals surface area contributed by atoms with Gasteiger partial charge in [0, 0.05) is 5.56 Å². The second-order valence-corrected chi connectivity index (χ2v) is 7.27. The Morgan fingerprint density at radius 2 is 1.71 bits per heavy atom. The Labute approximate surface area is 193 Å². The molecule has 0 bridgehead atoms. The van der Waals surface area contributed by atoms with E-state index in [4.69, 9.17) is 9.47 Å². The van der Waals surface area contributed by atoms with Crippen molar-refractivity contribution in [3.05, 3.63) is 71.0 Å². The number of hydrogen-bond donors (Lipinski definition) is 2. The van der Waals surface area contributed by atoms with E-state index >= 15 is 0 Å². The second-order valence-electron chi connectivity index (χ2n) is 7.27. The van der Waals surface area contributed by atoms with E-state index < -0.39 is 29.2 Å². The molecule has 1 heterocycles. The summed E-state index contributed by atoms with van der Waals surface area (Å²) < 4.78 is 52.7. The number of nitrogens with one attached hydrogen (secondary N) is 2. The van der Waals surface area contributed by atoms with Gasteiger partial charge >= 0.3 is 6.18 Å². The Balaban J connectivity index is 1.78. The van der Waals surface area contributed by atoms with Crippen molar-refractivity contribution in [3.8, 4) is 17.2 Å². The monoisotopic (exact) mass is 476 g/mol. The number of rotatable bonds is 7. The highest BCUT2D eigenvalue weighted by atomic mass is 19.4. The van der Waals surface area contributed by atoms with Gasteiger partial charge in [-0.05, 0) is 43.7 Å². The maximum atomic E-state index is 13.8. The predicted octanol–water partition coefficient (Wildman–Crippen LogP) is 4.07. The summed E-state index contributed by atoms with van der Waals surface area (Å²) in [5.74, 6) is -1.20. The summed E-state index contributed by atoms with van der Waals surface area (Å²) in [5, 5.41) is 3.74. The first-order chi connectivity index (χ1) is 16.2. The summed E-state index contributed by atoms with van der Waals surface area (Å²) >= 11 is 0. The number of hydrazine groups is 1. The lowest BCUT2D eigenvalue weighted by Crippen LogP contribution is -2.42. The quantitative estimate of drug-likeness (QED) is 0.502. The minimum Gasteiger partial charge on any atom is -0.493 e. The third kappa shape index (κ3) is 5.48. The van der Waals surface area contributed by atoms with Crippen LogP contribution in [0.4, 0.5) is 13.2 Å². The van der Waals surface area contributed by atoms with E-state index in [0.29, 0.717) is 22.8 Å². The average molecular weight is 476 g/mol. The molecule has 0 saturated carbocycles. The molecule has 0 spiro atoms. The standard InChI is InChI=1S/C23H23F3N4O4/c1-4-11-34-18-10-7-15(12-19(18)33-3)21(31)28-29-22(32)17-13-27-30(20(17)23(24,25)26)16-8-5-14(2)6-9-16/h5-10,12-13H,4,11H2,1-3H3,(H,28,31)(H,29,32). The minimum atomic E-state index is -4.88. The van der Waals surface area contributed by atoms with E-state index in [0.717, 1.165) is 18.2 Å². The van der Waals surface area contributed by atoms with Crippen molar-refractivity contribution in [3.63, 3.8) is 0 Å². The topological polar surface area (TPSA) is 94.5 Å². The van der Waals surface area contributed by atoms with Gasteiger partial charge in [-0.15, -0.1) is 0 Å². The first kappa shape index (κ1) is 24.6. The lowest BCUT2D eigenvalue weighted by Gasteiger charge is -2.14. The molecule has 0 aliphatic rings. The molecule has 0 aliphatic carbocycles. The number of carbonyl (C=O) groups excluding carboxylic acids is 2. The molecule has 34 heavy (non-hydrogen) atoms. The van der Waals surface area contributed by atoms with Gasteiger partial charge in [-0.3, -0.25) is 20.4 Å². The number of amides is 2. The number of ether oxygens (including phenoxy) is 2. The van der Waals surface area contributed by atoms with Gasteiger partial charge in [0.1, 0.15) is 0 Å². The molecule has 2 amide bonds. The zero-order chi connectivity index (χ0) is 24.9. The zero-order valence-corrected chi connectivity index (χ0v) is 18.7. The zero-order valence-electron chi connectivity index (χ0n) is 18.7. The van der Waals surface area contributed by atoms with Crippen LogP contribution in [0.1, 0.15) is 45.3 Å². The van der Waals surface area contributed by atoms with E-state index in [1.54, 1.807) is 19.1 Å². The fourth-order valence-electron chi connectivity index (χ4n) is 3.06. The predicted molar refractivity (Wildman–Crippen MR) is 117 cm³/mol. The Morgan fingerprint density at radius 3 is 2.32 bits per heavy atom. The lowest BCUT2D eigenvalue weighted by atomic mass is 10.2. The molecular weight excluding hydrogens is 453 g/mol. The van der Waals surface area contributed by atoms with Gasteiger partial charge < -0.3 is 9.47 Å². The van der Waals surface area contributed by atoms with Crippen LogP contribution < -0.4 is 20.3 Å². The van der Waals surface area contributed by atoms with Crippen molar-refractivity contribution >= 4 is 11.8 Å². The van der Waals surface area contributed by atoms with Crippen LogP contribution in [-0.4, -0.2) is 35.3 Å². The number of nitrogens with zero attached hydrogens (tertiary/aromatic N) is 2. The first-order valence-electron chi connectivity index (χ1n) is 10.3. The van der Waals surface area contributed by atoms with Gasteiger partial charge in [0.15, 0.2) is 17.2 Å². The van der Waals surface area contributed by atoms with Crippen LogP contribution in [0, 0.1) is 6.92 Å². The number of methoxy groups -OCH3 is 1. The van der Waals surface area contributed by atoms with Crippen molar-refractivity contribution < 1.29 is 32.2 Å². The number of benzene rings is 2. The van der Waals surface area contributed by atoms with Gasteiger partial charge in [-0.1, -0.05) is 24.6 Å². The highest BCUT2D eigenvalue weighted by Gasteiger charge is 2.40. The molecule has 0 saturated heterocycles.